The maximum atomic E-state index is 16.3. The van der Waals surface area contributed by atoms with Gasteiger partial charge in [0.15, 0.2) is 0 Å². The minimum absolute atomic E-state index is 0.0541. The third-order valence-corrected chi connectivity index (χ3v) is 10.1. The molecule has 7 rings (SSSR count). The zero-order chi connectivity index (χ0) is 33.7. The number of halogens is 3. The number of hydrogen-bond acceptors (Lipinski definition) is 6. The van der Waals surface area contributed by atoms with Crippen LogP contribution >= 0.6 is 23.2 Å². The van der Waals surface area contributed by atoms with E-state index in [-0.39, 0.29) is 33.2 Å². The Hall–Kier alpha value is -4.51. The largest absolute Gasteiger partial charge is 0.494 e. The Bertz CT molecular complexity index is 2070. The molecule has 0 aliphatic carbocycles. The molecule has 2 N–H and O–H groups in total. The van der Waals surface area contributed by atoms with E-state index in [0.29, 0.717) is 43.2 Å². The molecule has 0 saturated carbocycles. The van der Waals surface area contributed by atoms with Crippen molar-refractivity contribution in [3.05, 3.63) is 117 Å². The summed E-state index contributed by atoms with van der Waals surface area (Å²) in [6, 6.07) is 22.1. The van der Waals surface area contributed by atoms with Crippen LogP contribution in [-0.4, -0.2) is 54.6 Å². The topological polar surface area (TPSA) is 110 Å². The van der Waals surface area contributed by atoms with E-state index in [9.17, 15) is 14.7 Å². The molecule has 0 spiro atoms. The van der Waals surface area contributed by atoms with Crippen molar-refractivity contribution in [1.82, 2.24) is 19.4 Å². The summed E-state index contributed by atoms with van der Waals surface area (Å²) in [6.45, 7) is 5.16. The number of aromatic nitrogens is 3. The van der Waals surface area contributed by atoms with Crippen LogP contribution in [0.1, 0.15) is 59.4 Å². The molecule has 2 aromatic heterocycles. The van der Waals surface area contributed by atoms with Gasteiger partial charge < -0.3 is 19.7 Å². The molecule has 4 atom stereocenters. The van der Waals surface area contributed by atoms with Crippen molar-refractivity contribution in [2.45, 2.75) is 56.8 Å². The smallest absolute Gasteiger partial charge is 0.335 e. The van der Waals surface area contributed by atoms with E-state index in [1.165, 1.54) is 6.07 Å². The molecule has 1 amide bonds. The lowest BCUT2D eigenvalue weighted by atomic mass is 9.73. The fraction of sp³-hybridized carbons (Fsp3) is 0.278. The number of hydrogen-bond donors (Lipinski definition) is 2. The van der Waals surface area contributed by atoms with Crippen LogP contribution in [0.3, 0.4) is 0 Å². The van der Waals surface area contributed by atoms with Crippen molar-refractivity contribution < 1.29 is 23.8 Å². The Kier molecular flexibility index (Phi) is 8.35. The van der Waals surface area contributed by atoms with Crippen LogP contribution in [-0.2, 0) is 17.9 Å². The number of anilines is 1. The Balaban J connectivity index is 1.45. The first-order valence-corrected chi connectivity index (χ1v) is 16.5. The lowest BCUT2D eigenvalue weighted by Crippen LogP contribution is -2.55. The maximum absolute atomic E-state index is 16.3. The molecule has 246 valence electrons. The van der Waals surface area contributed by atoms with Gasteiger partial charge in [-0.15, -0.1) is 0 Å². The number of imidazole rings is 1. The number of nitrogens with zero attached hydrogens (tertiary/aromatic N) is 4. The minimum Gasteiger partial charge on any atom is -0.494 e. The van der Waals surface area contributed by atoms with Crippen molar-refractivity contribution in [1.29, 1.82) is 0 Å². The van der Waals surface area contributed by atoms with E-state index in [4.69, 9.17) is 32.9 Å². The lowest BCUT2D eigenvalue weighted by Gasteiger charge is -2.40. The number of carbonyl (C=O) groups excluding carboxylic acids is 1. The average Bonchev–Trinajstić information content (AvgIpc) is 3.55. The monoisotopic (exact) mass is 687 g/mol. The number of rotatable bonds is 8. The van der Waals surface area contributed by atoms with Crippen molar-refractivity contribution in [2.75, 3.05) is 11.9 Å². The molecule has 2 aliphatic heterocycles. The highest BCUT2D eigenvalue weighted by molar-refractivity contribution is 6.30. The molecular formula is C36H32Cl2FN5O4. The second kappa shape index (κ2) is 12.5. The summed E-state index contributed by atoms with van der Waals surface area (Å²) in [5, 5.41) is 12.8. The molecule has 48 heavy (non-hydrogen) atoms. The second-order valence-electron chi connectivity index (χ2n) is 12.3. The third-order valence-electron chi connectivity index (χ3n) is 9.64. The van der Waals surface area contributed by atoms with E-state index < -0.39 is 35.1 Å². The van der Waals surface area contributed by atoms with Gasteiger partial charge in [-0.05, 0) is 79.9 Å². The molecule has 1 saturated heterocycles. The Morgan fingerprint density at radius 3 is 2.62 bits per heavy atom. The molecule has 0 bridgehead atoms. The van der Waals surface area contributed by atoms with E-state index in [1.54, 1.807) is 48.5 Å². The predicted molar refractivity (Wildman–Crippen MR) is 181 cm³/mol. The molecule has 5 aromatic rings. The predicted octanol–water partition coefficient (Wildman–Crippen LogP) is 7.53. The van der Waals surface area contributed by atoms with Gasteiger partial charge in [0.1, 0.15) is 33.9 Å². The van der Waals surface area contributed by atoms with Gasteiger partial charge in [0.2, 0.25) is 5.91 Å². The van der Waals surface area contributed by atoms with Crippen LogP contribution in [0.15, 0.2) is 78.9 Å². The molecule has 0 radical (unpaired) electrons. The zero-order valence-electron chi connectivity index (χ0n) is 26.2. The van der Waals surface area contributed by atoms with Gasteiger partial charge in [0.05, 0.1) is 28.2 Å². The summed E-state index contributed by atoms with van der Waals surface area (Å²) in [5.74, 6) is -1.69. The maximum Gasteiger partial charge on any atom is 0.335 e. The van der Waals surface area contributed by atoms with E-state index in [1.807, 2.05) is 38.1 Å². The van der Waals surface area contributed by atoms with Gasteiger partial charge in [-0.25, -0.2) is 19.2 Å². The standard InChI is InChI=1S/C36H32Cl2FN5O4/c1-3-48-22-8-4-7-20(17-22)19-44-27-15-16-43-26-14-13-21(34(45)46)18-25(26)40-33(43)30(27)31(23-9-5-10-24(37)32(23)39)36(44,2)35(47)42-29-12-6-11-28(38)41-29/h4-14,17-18,27,30-31H,3,15-16,19H2,1-2H3,(H,45,46)(H,41,42,47)/t27-,30+,31-,36+/m0/s1. The number of likely N-dealkylation sites (tertiary alicyclic amines) is 1. The molecule has 0 unspecified atom stereocenters. The fourth-order valence-corrected chi connectivity index (χ4v) is 7.95. The molecule has 4 heterocycles. The molecule has 9 nitrogen and oxygen atoms in total. The number of pyridine rings is 1. The van der Waals surface area contributed by atoms with Gasteiger partial charge in [-0.2, -0.15) is 0 Å². The van der Waals surface area contributed by atoms with Crippen LogP contribution in [0.2, 0.25) is 10.2 Å². The van der Waals surface area contributed by atoms with Crippen LogP contribution < -0.4 is 10.1 Å². The second-order valence-corrected chi connectivity index (χ2v) is 13.1. The van der Waals surface area contributed by atoms with Gasteiger partial charge in [0.25, 0.3) is 0 Å². The first-order chi connectivity index (χ1) is 23.1. The van der Waals surface area contributed by atoms with Crippen LogP contribution in [0.5, 0.6) is 5.75 Å². The molecule has 2 aliphatic rings. The number of amides is 1. The highest BCUT2D eigenvalue weighted by Gasteiger charge is 2.63. The lowest BCUT2D eigenvalue weighted by molar-refractivity contribution is -0.127. The summed E-state index contributed by atoms with van der Waals surface area (Å²) in [7, 11) is 0. The number of aromatic carboxylic acids is 1. The number of benzene rings is 3. The normalized spacial score (nSPS) is 21.9. The Morgan fingerprint density at radius 1 is 1.06 bits per heavy atom. The van der Waals surface area contributed by atoms with Crippen LogP contribution in [0, 0.1) is 5.82 Å². The van der Waals surface area contributed by atoms with Crippen LogP contribution in [0.4, 0.5) is 10.2 Å². The molecule has 3 aromatic carbocycles. The van der Waals surface area contributed by atoms with Gasteiger partial charge >= 0.3 is 5.97 Å². The molecule has 12 heteroatoms. The highest BCUT2D eigenvalue weighted by atomic mass is 35.5. The fourth-order valence-electron chi connectivity index (χ4n) is 7.61. The quantitative estimate of drug-likeness (QED) is 0.162. The van der Waals surface area contributed by atoms with Gasteiger partial charge in [0, 0.05) is 31.0 Å². The van der Waals surface area contributed by atoms with Crippen LogP contribution in [0.25, 0.3) is 11.0 Å². The summed E-state index contributed by atoms with van der Waals surface area (Å²) in [5.41, 5.74) is 1.24. The number of carboxylic acids is 1. The Labute approximate surface area is 286 Å². The number of carbonyl (C=O) groups is 2. The first-order valence-electron chi connectivity index (χ1n) is 15.7. The summed E-state index contributed by atoms with van der Waals surface area (Å²) < 4.78 is 24.2. The zero-order valence-corrected chi connectivity index (χ0v) is 27.7. The van der Waals surface area contributed by atoms with E-state index in [2.05, 4.69) is 19.8 Å². The summed E-state index contributed by atoms with van der Waals surface area (Å²) >= 11 is 12.6. The average molecular weight is 689 g/mol. The summed E-state index contributed by atoms with van der Waals surface area (Å²) in [6.07, 6.45) is 0.617. The molecule has 1 fully saturated rings. The number of fused-ring (bicyclic) bond motifs is 5. The number of ether oxygens (including phenoxy) is 1. The van der Waals surface area contributed by atoms with Gasteiger partial charge in [-0.3, -0.25) is 9.69 Å². The minimum atomic E-state index is -1.37. The first kappa shape index (κ1) is 32.1. The van der Waals surface area contributed by atoms with E-state index >= 15 is 4.39 Å². The van der Waals surface area contributed by atoms with Crippen molar-refractivity contribution in [3.8, 4) is 5.75 Å². The number of nitrogens with one attached hydrogen (secondary N) is 1. The highest BCUT2D eigenvalue weighted by Crippen LogP contribution is 2.58. The van der Waals surface area contributed by atoms with Gasteiger partial charge in [-0.1, -0.05) is 53.5 Å². The van der Waals surface area contributed by atoms with Crippen molar-refractivity contribution in [3.63, 3.8) is 0 Å². The number of carboxylic acid groups (broad SMARTS) is 1. The number of aryl methyl sites for hydroxylation is 1. The SMILES string of the molecule is CCOc1cccc(CN2[C@H]3CCn4c(nc5cc(C(=O)O)ccc54)[C@H]3[C@H](c3cccc(Cl)c3F)[C@]2(C)C(=O)Nc2cccc(Cl)n2)c1. The van der Waals surface area contributed by atoms with Crippen molar-refractivity contribution >= 4 is 51.9 Å². The Morgan fingerprint density at radius 2 is 1.85 bits per heavy atom. The summed E-state index contributed by atoms with van der Waals surface area (Å²) in [4.78, 5) is 38.1. The third kappa shape index (κ3) is 5.38. The molecular weight excluding hydrogens is 656 g/mol. The van der Waals surface area contributed by atoms with E-state index in [0.717, 1.165) is 11.1 Å². The van der Waals surface area contributed by atoms with Crippen molar-refractivity contribution in [2.24, 2.45) is 0 Å².